The predicted molar refractivity (Wildman–Crippen MR) is 140 cm³/mol. The molecule has 3 rings (SSSR count). The Kier molecular flexibility index (Phi) is 10.2. The van der Waals surface area contributed by atoms with Crippen molar-refractivity contribution in [3.05, 3.63) is 71.3 Å². The van der Waals surface area contributed by atoms with Gasteiger partial charge in [-0.2, -0.15) is 26.3 Å². The summed E-state index contributed by atoms with van der Waals surface area (Å²) in [5.41, 5.74) is -2.71. The smallest absolute Gasteiger partial charge is 0.338 e. The molecule has 2 atom stereocenters. The molecule has 1 fully saturated rings. The van der Waals surface area contributed by atoms with Gasteiger partial charge in [-0.3, -0.25) is 9.69 Å². The molecule has 2 aromatic rings. The summed E-state index contributed by atoms with van der Waals surface area (Å²) in [6.45, 7) is 6.28. The largest absolute Gasteiger partial charge is 0.416 e. The number of benzene rings is 2. The third-order valence-electron chi connectivity index (χ3n) is 6.77. The van der Waals surface area contributed by atoms with Crippen LogP contribution in [0, 0.1) is 5.92 Å². The molecule has 0 bridgehead atoms. The molecule has 0 aliphatic carbocycles. The van der Waals surface area contributed by atoms with Crippen molar-refractivity contribution < 1.29 is 35.9 Å². The van der Waals surface area contributed by atoms with Crippen LogP contribution in [-0.2, 0) is 17.1 Å². The van der Waals surface area contributed by atoms with E-state index in [1.807, 2.05) is 54.7 Å². The van der Waals surface area contributed by atoms with Crippen LogP contribution in [0.15, 0.2) is 54.6 Å². The molecule has 1 saturated heterocycles. The summed E-state index contributed by atoms with van der Waals surface area (Å²) in [5, 5.41) is 4.51. The molecule has 1 heterocycles. The molecule has 2 N–H and O–H groups in total. The molecule has 3 amide bonds. The zero-order valence-corrected chi connectivity index (χ0v) is 22.1. The van der Waals surface area contributed by atoms with Gasteiger partial charge >= 0.3 is 18.4 Å². The third-order valence-corrected chi connectivity index (χ3v) is 6.77. The fourth-order valence-corrected chi connectivity index (χ4v) is 4.27. The lowest BCUT2D eigenvalue weighted by atomic mass is 9.97. The monoisotopic (exact) mass is 570 g/mol. The van der Waals surface area contributed by atoms with E-state index < -0.39 is 41.2 Å². The zero-order chi connectivity index (χ0) is 29.5. The quantitative estimate of drug-likeness (QED) is 0.376. The molecule has 6 nitrogen and oxygen atoms in total. The van der Waals surface area contributed by atoms with Crippen LogP contribution in [0.1, 0.15) is 37.0 Å². The number of hydrogen-bond acceptors (Lipinski definition) is 3. The van der Waals surface area contributed by atoms with Gasteiger partial charge < -0.3 is 15.5 Å². The minimum Gasteiger partial charge on any atom is -0.338 e. The van der Waals surface area contributed by atoms with E-state index in [0.29, 0.717) is 51.3 Å². The fraction of sp³-hybridized carbons (Fsp3) is 0.429. The first kappa shape index (κ1) is 31.0. The van der Waals surface area contributed by atoms with E-state index in [9.17, 15) is 35.9 Å². The molecular weight excluding hydrogens is 538 g/mol. The maximum absolute atomic E-state index is 13.3. The van der Waals surface area contributed by atoms with E-state index in [-0.39, 0.29) is 17.9 Å². The van der Waals surface area contributed by atoms with Gasteiger partial charge in [-0.05, 0) is 29.7 Å². The minimum atomic E-state index is -5.05. The van der Waals surface area contributed by atoms with Crippen molar-refractivity contribution in [2.24, 2.45) is 5.92 Å². The Morgan fingerprint density at radius 3 is 2.02 bits per heavy atom. The first-order valence-electron chi connectivity index (χ1n) is 12.9. The number of urea groups is 1. The van der Waals surface area contributed by atoms with E-state index in [1.165, 1.54) is 0 Å². The summed E-state index contributed by atoms with van der Waals surface area (Å²) in [6, 6.07) is 8.55. The van der Waals surface area contributed by atoms with Gasteiger partial charge in [-0.25, -0.2) is 4.79 Å². The van der Waals surface area contributed by atoms with Crippen LogP contribution in [0.25, 0.3) is 6.08 Å². The molecule has 2 aromatic carbocycles. The SMILES string of the molecule is CCC(C)C(NC(=O)Nc1cc(C(F)(F)F)cc(C(F)(F)F)c1)C(=O)N1CCN(C/C=C/c2ccccc2)CC1. The average molecular weight is 571 g/mol. The first-order valence-corrected chi connectivity index (χ1v) is 12.9. The van der Waals surface area contributed by atoms with Gasteiger partial charge in [0.25, 0.3) is 0 Å². The Balaban J connectivity index is 1.63. The van der Waals surface area contributed by atoms with Gasteiger partial charge in [0.2, 0.25) is 5.91 Å². The highest BCUT2D eigenvalue weighted by Crippen LogP contribution is 2.37. The van der Waals surface area contributed by atoms with Crippen LogP contribution in [0.5, 0.6) is 0 Å². The molecule has 1 aliphatic rings. The van der Waals surface area contributed by atoms with Crippen molar-refractivity contribution in [2.75, 3.05) is 38.0 Å². The topological polar surface area (TPSA) is 64.7 Å². The van der Waals surface area contributed by atoms with Crippen molar-refractivity contribution >= 4 is 23.7 Å². The van der Waals surface area contributed by atoms with E-state index in [2.05, 4.69) is 10.2 Å². The van der Waals surface area contributed by atoms with Gasteiger partial charge in [0, 0.05) is 38.4 Å². The highest BCUT2D eigenvalue weighted by atomic mass is 19.4. The molecular formula is C28H32F6N4O2. The first-order chi connectivity index (χ1) is 18.8. The second-order valence-corrected chi connectivity index (χ2v) is 9.70. The summed E-state index contributed by atoms with van der Waals surface area (Å²) >= 11 is 0. The average Bonchev–Trinajstić information content (AvgIpc) is 2.91. The number of halogens is 6. The van der Waals surface area contributed by atoms with Crippen molar-refractivity contribution in [3.8, 4) is 0 Å². The van der Waals surface area contributed by atoms with Crippen LogP contribution in [0.3, 0.4) is 0 Å². The summed E-state index contributed by atoms with van der Waals surface area (Å²) in [7, 11) is 0. The van der Waals surface area contributed by atoms with E-state index >= 15 is 0 Å². The Morgan fingerprint density at radius 2 is 1.50 bits per heavy atom. The second-order valence-electron chi connectivity index (χ2n) is 9.70. The lowest BCUT2D eigenvalue weighted by molar-refractivity contribution is -0.143. The van der Waals surface area contributed by atoms with Crippen LogP contribution >= 0.6 is 0 Å². The van der Waals surface area contributed by atoms with Gasteiger partial charge in [0.05, 0.1) is 11.1 Å². The highest BCUT2D eigenvalue weighted by Gasteiger charge is 2.37. The Hall–Kier alpha value is -3.54. The zero-order valence-electron chi connectivity index (χ0n) is 22.1. The van der Waals surface area contributed by atoms with Crippen molar-refractivity contribution in [2.45, 2.75) is 38.7 Å². The lowest BCUT2D eigenvalue weighted by Gasteiger charge is -2.37. The number of amides is 3. The van der Waals surface area contributed by atoms with Gasteiger partial charge in [0.1, 0.15) is 6.04 Å². The number of alkyl halides is 6. The van der Waals surface area contributed by atoms with Crippen LogP contribution in [-0.4, -0.2) is 60.5 Å². The molecule has 0 radical (unpaired) electrons. The molecule has 218 valence electrons. The standard InChI is InChI=1S/C28H32F6N4O2/c1-3-19(2)24(25(39)38-14-12-37(13-15-38)11-7-10-20-8-5-4-6-9-20)36-26(40)35-23-17-21(27(29,30)31)16-22(18-23)28(32,33)34/h4-10,16-19,24H,3,11-15H2,1-2H3,(H2,35,36,40)/b10-7+. The molecule has 0 aromatic heterocycles. The number of nitrogens with zero attached hydrogens (tertiary/aromatic N) is 2. The fourth-order valence-electron chi connectivity index (χ4n) is 4.27. The van der Waals surface area contributed by atoms with Crippen molar-refractivity contribution in [3.63, 3.8) is 0 Å². The molecule has 40 heavy (non-hydrogen) atoms. The Morgan fingerprint density at radius 1 is 0.925 bits per heavy atom. The van der Waals surface area contributed by atoms with Crippen molar-refractivity contribution in [1.29, 1.82) is 0 Å². The van der Waals surface area contributed by atoms with E-state index in [0.717, 1.165) is 5.56 Å². The van der Waals surface area contributed by atoms with E-state index in [1.54, 1.807) is 11.8 Å². The maximum Gasteiger partial charge on any atom is 0.416 e. The summed E-state index contributed by atoms with van der Waals surface area (Å²) < 4.78 is 79.0. The van der Waals surface area contributed by atoms with Crippen LogP contribution in [0.4, 0.5) is 36.8 Å². The molecule has 0 spiro atoms. The number of carbonyl (C=O) groups excluding carboxylic acids is 2. The number of hydrogen-bond donors (Lipinski definition) is 2. The summed E-state index contributed by atoms with van der Waals surface area (Å²) in [4.78, 5) is 29.8. The second kappa shape index (κ2) is 13.2. The van der Waals surface area contributed by atoms with Gasteiger partial charge in [0.15, 0.2) is 0 Å². The minimum absolute atomic E-state index is 0.0221. The van der Waals surface area contributed by atoms with E-state index in [4.69, 9.17) is 0 Å². The lowest BCUT2D eigenvalue weighted by Crippen LogP contribution is -2.57. The maximum atomic E-state index is 13.3. The van der Waals surface area contributed by atoms with Crippen LogP contribution in [0.2, 0.25) is 0 Å². The predicted octanol–water partition coefficient (Wildman–Crippen LogP) is 6.12. The third kappa shape index (κ3) is 8.73. The van der Waals surface area contributed by atoms with Crippen molar-refractivity contribution in [1.82, 2.24) is 15.1 Å². The number of rotatable bonds is 8. The molecule has 1 aliphatic heterocycles. The number of carbonyl (C=O) groups is 2. The number of anilines is 1. The number of nitrogens with one attached hydrogen (secondary N) is 2. The molecule has 0 saturated carbocycles. The highest BCUT2D eigenvalue weighted by molar-refractivity contribution is 5.94. The molecule has 12 heteroatoms. The van der Waals surface area contributed by atoms with Gasteiger partial charge in [-0.15, -0.1) is 0 Å². The van der Waals surface area contributed by atoms with Gasteiger partial charge in [-0.1, -0.05) is 62.8 Å². The van der Waals surface area contributed by atoms with Crippen LogP contribution < -0.4 is 10.6 Å². The number of piperazine rings is 1. The molecule has 2 unspecified atom stereocenters. The summed E-state index contributed by atoms with van der Waals surface area (Å²) in [5.74, 6) is -0.693. The Bertz CT molecular complexity index is 1140. The summed E-state index contributed by atoms with van der Waals surface area (Å²) in [6.07, 6.45) is -5.55. The normalized spacial score (nSPS) is 16.6. The Labute approximate surface area is 229 Å².